The highest BCUT2D eigenvalue weighted by molar-refractivity contribution is 7.12. The zero-order chi connectivity index (χ0) is 14.7. The van der Waals surface area contributed by atoms with Crippen LogP contribution in [0.1, 0.15) is 20.8 Å². The quantitative estimate of drug-likeness (QED) is 0.870. The van der Waals surface area contributed by atoms with Crippen molar-refractivity contribution >= 4 is 17.2 Å². The molecule has 1 saturated heterocycles. The first-order chi connectivity index (χ1) is 10.2. The summed E-state index contributed by atoms with van der Waals surface area (Å²) in [6.45, 7) is 6.68. The first-order valence-corrected chi connectivity index (χ1v) is 8.21. The SMILES string of the molecule is Cc1ccccc1CN1CCN(C(=O)c2cccs2)CC1. The monoisotopic (exact) mass is 300 g/mol. The Morgan fingerprint density at radius 2 is 1.86 bits per heavy atom. The van der Waals surface area contributed by atoms with Crippen LogP contribution in [0.2, 0.25) is 0 Å². The van der Waals surface area contributed by atoms with E-state index in [9.17, 15) is 4.79 Å². The second kappa shape index (κ2) is 6.41. The van der Waals surface area contributed by atoms with Crippen LogP contribution in [0.25, 0.3) is 0 Å². The highest BCUT2D eigenvalue weighted by Crippen LogP contribution is 2.16. The van der Waals surface area contributed by atoms with Crippen molar-refractivity contribution in [3.8, 4) is 0 Å². The molecule has 0 radical (unpaired) electrons. The van der Waals surface area contributed by atoms with Gasteiger partial charge in [0.1, 0.15) is 0 Å². The molecule has 1 aromatic carbocycles. The lowest BCUT2D eigenvalue weighted by Gasteiger charge is -2.34. The molecule has 0 spiro atoms. The summed E-state index contributed by atoms with van der Waals surface area (Å²) in [5, 5.41) is 1.96. The number of piperazine rings is 1. The van der Waals surface area contributed by atoms with Crippen molar-refractivity contribution in [1.29, 1.82) is 0 Å². The molecule has 0 N–H and O–H groups in total. The van der Waals surface area contributed by atoms with Gasteiger partial charge in [0.25, 0.3) is 5.91 Å². The van der Waals surface area contributed by atoms with E-state index in [2.05, 4.69) is 36.1 Å². The van der Waals surface area contributed by atoms with E-state index in [1.54, 1.807) is 0 Å². The summed E-state index contributed by atoms with van der Waals surface area (Å²) in [6, 6.07) is 12.4. The summed E-state index contributed by atoms with van der Waals surface area (Å²) in [4.78, 5) is 17.6. The Bertz CT molecular complexity index is 601. The predicted octanol–water partition coefficient (Wildman–Crippen LogP) is 3.01. The molecule has 0 aliphatic carbocycles. The molecule has 21 heavy (non-hydrogen) atoms. The van der Waals surface area contributed by atoms with E-state index in [1.165, 1.54) is 22.5 Å². The number of hydrogen-bond donors (Lipinski definition) is 0. The summed E-state index contributed by atoms with van der Waals surface area (Å²) < 4.78 is 0. The molecule has 0 bridgehead atoms. The smallest absolute Gasteiger partial charge is 0.264 e. The van der Waals surface area contributed by atoms with Gasteiger partial charge in [0, 0.05) is 32.7 Å². The Kier molecular flexibility index (Phi) is 4.36. The third-order valence-electron chi connectivity index (χ3n) is 4.05. The molecule has 1 amide bonds. The molecule has 1 aliphatic heterocycles. The molecule has 2 aromatic rings. The maximum atomic E-state index is 12.3. The van der Waals surface area contributed by atoms with Crippen molar-refractivity contribution in [2.75, 3.05) is 26.2 Å². The lowest BCUT2D eigenvalue weighted by molar-refractivity contribution is 0.0633. The van der Waals surface area contributed by atoms with E-state index < -0.39 is 0 Å². The van der Waals surface area contributed by atoms with Crippen molar-refractivity contribution in [3.05, 3.63) is 57.8 Å². The average Bonchev–Trinajstić information content (AvgIpc) is 3.04. The lowest BCUT2D eigenvalue weighted by atomic mass is 10.1. The number of hydrogen-bond acceptors (Lipinski definition) is 3. The Balaban J connectivity index is 1.56. The van der Waals surface area contributed by atoms with Crippen LogP contribution < -0.4 is 0 Å². The Morgan fingerprint density at radius 1 is 1.10 bits per heavy atom. The van der Waals surface area contributed by atoms with Gasteiger partial charge in [-0.25, -0.2) is 0 Å². The highest BCUT2D eigenvalue weighted by atomic mass is 32.1. The zero-order valence-corrected chi connectivity index (χ0v) is 13.1. The van der Waals surface area contributed by atoms with Gasteiger partial charge in [0.05, 0.1) is 4.88 Å². The molecule has 4 heteroatoms. The number of nitrogens with zero attached hydrogens (tertiary/aromatic N) is 2. The molecular formula is C17H20N2OS. The Hall–Kier alpha value is -1.65. The minimum absolute atomic E-state index is 0.181. The fourth-order valence-electron chi connectivity index (χ4n) is 2.69. The van der Waals surface area contributed by atoms with Crippen molar-refractivity contribution in [1.82, 2.24) is 9.80 Å². The van der Waals surface area contributed by atoms with E-state index in [-0.39, 0.29) is 5.91 Å². The van der Waals surface area contributed by atoms with E-state index in [1.807, 2.05) is 22.4 Å². The van der Waals surface area contributed by atoms with Crippen LogP contribution in [-0.2, 0) is 6.54 Å². The van der Waals surface area contributed by atoms with Crippen LogP contribution in [0, 0.1) is 6.92 Å². The van der Waals surface area contributed by atoms with Crippen LogP contribution in [0.3, 0.4) is 0 Å². The highest BCUT2D eigenvalue weighted by Gasteiger charge is 2.22. The molecule has 3 nitrogen and oxygen atoms in total. The minimum Gasteiger partial charge on any atom is -0.335 e. The van der Waals surface area contributed by atoms with Gasteiger partial charge in [-0.15, -0.1) is 11.3 Å². The maximum absolute atomic E-state index is 12.3. The van der Waals surface area contributed by atoms with Gasteiger partial charge < -0.3 is 4.90 Å². The molecule has 110 valence electrons. The second-order valence-corrected chi connectivity index (χ2v) is 6.42. The van der Waals surface area contributed by atoms with Crippen LogP contribution in [-0.4, -0.2) is 41.9 Å². The lowest BCUT2D eigenvalue weighted by Crippen LogP contribution is -2.48. The van der Waals surface area contributed by atoms with Gasteiger partial charge >= 0.3 is 0 Å². The van der Waals surface area contributed by atoms with E-state index in [4.69, 9.17) is 0 Å². The number of carbonyl (C=O) groups is 1. The third-order valence-corrected chi connectivity index (χ3v) is 4.90. The predicted molar refractivity (Wildman–Crippen MR) is 86.7 cm³/mol. The molecule has 1 aromatic heterocycles. The number of carbonyl (C=O) groups excluding carboxylic acids is 1. The second-order valence-electron chi connectivity index (χ2n) is 5.47. The molecular weight excluding hydrogens is 280 g/mol. The fourth-order valence-corrected chi connectivity index (χ4v) is 3.38. The summed E-state index contributed by atoms with van der Waals surface area (Å²) in [6.07, 6.45) is 0. The fraction of sp³-hybridized carbons (Fsp3) is 0.353. The summed E-state index contributed by atoms with van der Waals surface area (Å²) >= 11 is 1.53. The molecule has 1 aliphatic rings. The first-order valence-electron chi connectivity index (χ1n) is 7.33. The zero-order valence-electron chi connectivity index (χ0n) is 12.3. The number of thiophene rings is 1. The van der Waals surface area contributed by atoms with Gasteiger partial charge in [0.15, 0.2) is 0 Å². The first kappa shape index (κ1) is 14.3. The van der Waals surface area contributed by atoms with Crippen LogP contribution >= 0.6 is 11.3 Å². The summed E-state index contributed by atoms with van der Waals surface area (Å²) in [5.41, 5.74) is 2.73. The van der Waals surface area contributed by atoms with E-state index >= 15 is 0 Å². The molecule has 2 heterocycles. The topological polar surface area (TPSA) is 23.6 Å². The number of rotatable bonds is 3. The average molecular weight is 300 g/mol. The molecule has 3 rings (SSSR count). The number of benzene rings is 1. The largest absolute Gasteiger partial charge is 0.335 e. The molecule has 1 fully saturated rings. The van der Waals surface area contributed by atoms with Crippen LogP contribution in [0.15, 0.2) is 41.8 Å². The van der Waals surface area contributed by atoms with Gasteiger partial charge in [-0.05, 0) is 29.5 Å². The van der Waals surface area contributed by atoms with Crippen LogP contribution in [0.4, 0.5) is 0 Å². The maximum Gasteiger partial charge on any atom is 0.264 e. The van der Waals surface area contributed by atoms with Crippen molar-refractivity contribution in [2.24, 2.45) is 0 Å². The number of amides is 1. The third kappa shape index (κ3) is 3.34. The normalized spacial score (nSPS) is 16.1. The molecule has 0 unspecified atom stereocenters. The van der Waals surface area contributed by atoms with Gasteiger partial charge in [-0.1, -0.05) is 30.3 Å². The van der Waals surface area contributed by atoms with Gasteiger partial charge in [0.2, 0.25) is 0 Å². The Morgan fingerprint density at radius 3 is 2.52 bits per heavy atom. The Labute approximate surface area is 129 Å². The van der Waals surface area contributed by atoms with Gasteiger partial charge in [-0.3, -0.25) is 9.69 Å². The van der Waals surface area contributed by atoms with E-state index in [0.29, 0.717) is 0 Å². The van der Waals surface area contributed by atoms with Gasteiger partial charge in [-0.2, -0.15) is 0 Å². The summed E-state index contributed by atoms with van der Waals surface area (Å²) in [5.74, 6) is 0.181. The number of aryl methyl sites for hydroxylation is 1. The van der Waals surface area contributed by atoms with Crippen LogP contribution in [0.5, 0.6) is 0 Å². The molecule has 0 atom stereocenters. The van der Waals surface area contributed by atoms with Crippen molar-refractivity contribution in [3.63, 3.8) is 0 Å². The van der Waals surface area contributed by atoms with Crippen molar-refractivity contribution < 1.29 is 4.79 Å². The standard InChI is InChI=1S/C17H20N2OS/c1-14-5-2-3-6-15(14)13-18-8-10-19(11-9-18)17(20)16-7-4-12-21-16/h2-7,12H,8-11,13H2,1H3. The van der Waals surface area contributed by atoms with E-state index in [0.717, 1.165) is 37.6 Å². The minimum atomic E-state index is 0.181. The van der Waals surface area contributed by atoms with Crippen molar-refractivity contribution in [2.45, 2.75) is 13.5 Å². The summed E-state index contributed by atoms with van der Waals surface area (Å²) in [7, 11) is 0. The molecule has 0 saturated carbocycles.